The van der Waals surface area contributed by atoms with E-state index in [0.29, 0.717) is 35.3 Å². The molecule has 1 spiro atoms. The maximum Gasteiger partial charge on any atom is 0.322 e. The molecule has 1 aromatic rings. The summed E-state index contributed by atoms with van der Waals surface area (Å²) < 4.78 is 6.53. The molecule has 0 radical (unpaired) electrons. The Morgan fingerprint density at radius 3 is 2.75 bits per heavy atom. The van der Waals surface area contributed by atoms with Gasteiger partial charge in [-0.05, 0) is 77.2 Å². The molecule has 24 heavy (non-hydrogen) atoms. The first kappa shape index (κ1) is 16.6. The van der Waals surface area contributed by atoms with E-state index < -0.39 is 17.5 Å². The number of hydrogen-bond donors (Lipinski definition) is 0. The molecule has 0 bridgehead atoms. The van der Waals surface area contributed by atoms with Gasteiger partial charge in [0, 0.05) is 4.47 Å². The summed E-state index contributed by atoms with van der Waals surface area (Å²) in [5, 5.41) is 0.511. The van der Waals surface area contributed by atoms with Crippen LogP contribution in [0.2, 0.25) is 5.02 Å². The van der Waals surface area contributed by atoms with Crippen molar-refractivity contribution in [2.24, 2.45) is 11.8 Å². The average molecular weight is 412 g/mol. The van der Waals surface area contributed by atoms with Gasteiger partial charge in [0.2, 0.25) is 0 Å². The number of ether oxygens (including phenoxy) is 1. The number of ketones is 1. The van der Waals surface area contributed by atoms with Crippen molar-refractivity contribution in [1.29, 1.82) is 0 Å². The molecule has 128 valence electrons. The minimum Gasteiger partial charge on any atom is -0.450 e. The smallest absolute Gasteiger partial charge is 0.322 e. The molecule has 5 heteroatoms. The maximum absolute atomic E-state index is 13.2. The number of esters is 1. The van der Waals surface area contributed by atoms with E-state index in [1.807, 2.05) is 13.0 Å². The topological polar surface area (TPSA) is 43.4 Å². The second-order valence-electron chi connectivity index (χ2n) is 7.53. The highest BCUT2D eigenvalue weighted by Crippen LogP contribution is 2.52. The number of carbonyl (C=O) groups is 2. The molecule has 1 aliphatic heterocycles. The van der Waals surface area contributed by atoms with Gasteiger partial charge in [0.25, 0.3) is 0 Å². The van der Waals surface area contributed by atoms with Gasteiger partial charge in [-0.1, -0.05) is 30.9 Å². The van der Waals surface area contributed by atoms with Gasteiger partial charge in [0.15, 0.2) is 11.4 Å². The number of carbonyl (C=O) groups excluding carboxylic acids is 2. The van der Waals surface area contributed by atoms with Crippen molar-refractivity contribution in [3.63, 3.8) is 0 Å². The Labute approximate surface area is 155 Å². The quantitative estimate of drug-likeness (QED) is 0.484. The lowest BCUT2D eigenvalue weighted by molar-refractivity contribution is -0.157. The summed E-state index contributed by atoms with van der Waals surface area (Å²) in [6.45, 7) is 1.90. The Morgan fingerprint density at radius 1 is 1.21 bits per heavy atom. The van der Waals surface area contributed by atoms with Crippen molar-refractivity contribution in [2.45, 2.75) is 57.0 Å². The van der Waals surface area contributed by atoms with Crippen LogP contribution in [0.1, 0.15) is 55.6 Å². The van der Waals surface area contributed by atoms with E-state index in [2.05, 4.69) is 15.9 Å². The molecule has 3 aliphatic rings. The van der Waals surface area contributed by atoms with E-state index in [9.17, 15) is 9.59 Å². The number of Topliss-reactive ketones (excluding diaryl/α,β-unsaturated/α-hetero) is 1. The molecule has 3 fully saturated rings. The zero-order valence-electron chi connectivity index (χ0n) is 13.6. The summed E-state index contributed by atoms with van der Waals surface area (Å²) in [6.07, 6.45) is 6.04. The molecule has 1 heterocycles. The van der Waals surface area contributed by atoms with Crippen LogP contribution >= 0.6 is 27.5 Å². The van der Waals surface area contributed by atoms with Crippen LogP contribution in [0.5, 0.6) is 0 Å². The fourth-order valence-electron chi connectivity index (χ4n) is 4.94. The highest BCUT2D eigenvalue weighted by molar-refractivity contribution is 9.10. The van der Waals surface area contributed by atoms with Crippen LogP contribution in [0, 0.1) is 18.8 Å². The molecule has 2 saturated carbocycles. The van der Waals surface area contributed by atoms with Crippen molar-refractivity contribution in [1.82, 2.24) is 0 Å². The van der Waals surface area contributed by atoms with Gasteiger partial charge in [0.05, 0.1) is 5.02 Å². The van der Waals surface area contributed by atoms with E-state index in [0.717, 1.165) is 22.9 Å². The summed E-state index contributed by atoms with van der Waals surface area (Å²) in [4.78, 5) is 25.8. The molecule has 3 nitrogen and oxygen atoms in total. The van der Waals surface area contributed by atoms with E-state index in [-0.39, 0.29) is 5.78 Å². The number of fused-ring (bicyclic) bond motifs is 1. The molecule has 1 aromatic carbocycles. The van der Waals surface area contributed by atoms with E-state index >= 15 is 0 Å². The summed E-state index contributed by atoms with van der Waals surface area (Å²) >= 11 is 9.59. The number of rotatable bonds is 1. The van der Waals surface area contributed by atoms with Gasteiger partial charge in [0.1, 0.15) is 5.92 Å². The third-order valence-electron chi connectivity index (χ3n) is 6.19. The van der Waals surface area contributed by atoms with Gasteiger partial charge in [-0.15, -0.1) is 0 Å². The second-order valence-corrected chi connectivity index (χ2v) is 8.79. The predicted octanol–water partition coefficient (Wildman–Crippen LogP) is 4.96. The molecule has 0 amide bonds. The van der Waals surface area contributed by atoms with Gasteiger partial charge in [-0.25, -0.2) is 0 Å². The lowest BCUT2D eigenvalue weighted by Gasteiger charge is -2.37. The highest BCUT2D eigenvalue weighted by Gasteiger charge is 2.59. The summed E-state index contributed by atoms with van der Waals surface area (Å²) in [5.74, 6) is -0.0419. The zero-order chi connectivity index (χ0) is 17.1. The average Bonchev–Trinajstić information content (AvgIpc) is 3.07. The number of hydrogen-bond acceptors (Lipinski definition) is 3. The van der Waals surface area contributed by atoms with Crippen LogP contribution in [0.4, 0.5) is 0 Å². The molecule has 4 atom stereocenters. The SMILES string of the molecule is Cc1cc(Br)c(Cl)cc1C1C(=O)OC2(CCC3CCCC3C2)C1=O. The fraction of sp³-hybridized carbons (Fsp3) is 0.579. The molecular formula is C19H20BrClO3. The van der Waals surface area contributed by atoms with Crippen molar-refractivity contribution in [2.75, 3.05) is 0 Å². The minimum atomic E-state index is -0.890. The largest absolute Gasteiger partial charge is 0.450 e. The van der Waals surface area contributed by atoms with Crippen molar-refractivity contribution in [3.8, 4) is 0 Å². The monoisotopic (exact) mass is 410 g/mol. The Hall–Kier alpha value is -0.870. The highest BCUT2D eigenvalue weighted by atomic mass is 79.9. The molecule has 0 N–H and O–H groups in total. The van der Waals surface area contributed by atoms with E-state index in [4.69, 9.17) is 16.3 Å². The Bertz CT molecular complexity index is 732. The Kier molecular flexibility index (Phi) is 4.04. The first-order chi connectivity index (χ1) is 11.4. The molecule has 4 rings (SSSR count). The van der Waals surface area contributed by atoms with Crippen molar-refractivity contribution < 1.29 is 14.3 Å². The predicted molar refractivity (Wildman–Crippen MR) is 95.1 cm³/mol. The fourth-order valence-corrected chi connectivity index (χ4v) is 5.57. The Balaban J connectivity index is 1.68. The minimum absolute atomic E-state index is 0.0562. The lowest BCUT2D eigenvalue weighted by Crippen LogP contribution is -2.43. The molecule has 2 aliphatic carbocycles. The van der Waals surface area contributed by atoms with Crippen LogP contribution < -0.4 is 0 Å². The zero-order valence-corrected chi connectivity index (χ0v) is 16.0. The maximum atomic E-state index is 13.2. The molecular weight excluding hydrogens is 392 g/mol. The van der Waals surface area contributed by atoms with Crippen molar-refractivity contribution >= 4 is 39.3 Å². The summed E-state index contributed by atoms with van der Waals surface area (Å²) in [7, 11) is 0. The van der Waals surface area contributed by atoms with Gasteiger partial charge < -0.3 is 4.74 Å². The van der Waals surface area contributed by atoms with E-state index in [1.165, 1.54) is 12.8 Å². The lowest BCUT2D eigenvalue weighted by atomic mass is 9.70. The Morgan fingerprint density at radius 2 is 1.96 bits per heavy atom. The van der Waals surface area contributed by atoms with Crippen molar-refractivity contribution in [3.05, 3.63) is 32.8 Å². The van der Waals surface area contributed by atoms with Crippen LogP contribution in [-0.2, 0) is 14.3 Å². The van der Waals surface area contributed by atoms with E-state index in [1.54, 1.807) is 6.07 Å². The standard InChI is InChI=1S/C19H20BrClO3/c1-10-7-14(20)15(21)8-13(10)16-17(22)19(24-18(16)23)6-5-11-3-2-4-12(11)9-19/h7-8,11-12,16H,2-6,9H2,1H3. The number of benzene rings is 1. The van der Waals surface area contributed by atoms with Crippen LogP contribution in [0.15, 0.2) is 16.6 Å². The van der Waals surface area contributed by atoms with Crippen LogP contribution in [0.3, 0.4) is 0 Å². The van der Waals surface area contributed by atoms with Crippen LogP contribution in [0.25, 0.3) is 0 Å². The number of aryl methyl sites for hydroxylation is 1. The third kappa shape index (κ3) is 2.45. The first-order valence-electron chi connectivity index (χ1n) is 8.64. The van der Waals surface area contributed by atoms with Crippen LogP contribution in [-0.4, -0.2) is 17.4 Å². The molecule has 0 aromatic heterocycles. The van der Waals surface area contributed by atoms with Gasteiger partial charge >= 0.3 is 5.97 Å². The molecule has 1 saturated heterocycles. The summed E-state index contributed by atoms with van der Waals surface area (Å²) in [5.41, 5.74) is 0.677. The van der Waals surface area contributed by atoms with Gasteiger partial charge in [-0.3, -0.25) is 9.59 Å². The normalized spacial score (nSPS) is 35.4. The number of halogens is 2. The second kappa shape index (κ2) is 5.84. The summed E-state index contributed by atoms with van der Waals surface area (Å²) in [6, 6.07) is 3.59. The molecule has 4 unspecified atom stereocenters. The third-order valence-corrected chi connectivity index (χ3v) is 7.39. The van der Waals surface area contributed by atoms with Gasteiger partial charge in [-0.2, -0.15) is 0 Å². The first-order valence-corrected chi connectivity index (χ1v) is 9.81.